The van der Waals surface area contributed by atoms with Gasteiger partial charge in [0.2, 0.25) is 0 Å². The molecule has 0 aliphatic carbocycles. The molecule has 4 aliphatic heterocycles. The Morgan fingerprint density at radius 1 is 0.339 bits per heavy atom. The van der Waals surface area contributed by atoms with Crippen molar-refractivity contribution >= 4 is 23.9 Å². The molecule has 4 saturated heterocycles. The van der Waals surface area contributed by atoms with E-state index in [1.165, 1.54) is 0 Å². The van der Waals surface area contributed by atoms with Gasteiger partial charge in [0.1, 0.15) is 24.4 Å². The standard InChI is InChI=1S/C50H90N4O8/c1-29(2)47(17)25-33(21-43(9,10)51-47)59-39(55)37(40(56)60-34-22-44(11,12)52-48(18,26-34)30(3)4)38(41(57)61-35-23-45(13,14)53-49(19,27-35)31(5)6)42(58)62-36-24-46(15,16)54-50(20,28-36)32(7)8/h29-38,51-54H,21-28H2,1-20H3. The lowest BCUT2D eigenvalue weighted by Gasteiger charge is -2.50. The molecule has 4 heterocycles. The van der Waals surface area contributed by atoms with Crippen molar-refractivity contribution in [2.45, 2.75) is 259 Å². The zero-order chi connectivity index (χ0) is 47.4. The van der Waals surface area contributed by atoms with Crippen molar-refractivity contribution in [2.75, 3.05) is 0 Å². The van der Waals surface area contributed by atoms with Gasteiger partial charge in [0.15, 0.2) is 11.8 Å². The molecule has 0 amide bonds. The van der Waals surface area contributed by atoms with E-state index in [0.717, 1.165) is 0 Å². The minimum absolute atomic E-state index is 0.191. The van der Waals surface area contributed by atoms with Crippen LogP contribution in [0.5, 0.6) is 0 Å². The molecule has 358 valence electrons. The molecule has 0 aromatic rings. The molecule has 8 atom stereocenters. The molecule has 0 bridgehead atoms. The van der Waals surface area contributed by atoms with E-state index in [1.54, 1.807) is 0 Å². The number of piperidine rings is 4. The van der Waals surface area contributed by atoms with Gasteiger partial charge in [-0.3, -0.25) is 19.2 Å². The zero-order valence-corrected chi connectivity index (χ0v) is 42.7. The summed E-state index contributed by atoms with van der Waals surface area (Å²) in [6, 6.07) is 0. The van der Waals surface area contributed by atoms with Crippen LogP contribution in [0.1, 0.15) is 190 Å². The van der Waals surface area contributed by atoms with Gasteiger partial charge in [-0.25, -0.2) is 0 Å². The van der Waals surface area contributed by atoms with Crippen LogP contribution in [0.2, 0.25) is 0 Å². The van der Waals surface area contributed by atoms with E-state index in [9.17, 15) is 0 Å². The van der Waals surface area contributed by atoms with Gasteiger partial charge in [-0.1, -0.05) is 55.4 Å². The fraction of sp³-hybridized carbons (Fsp3) is 0.920. The van der Waals surface area contributed by atoms with Crippen molar-refractivity contribution in [3.05, 3.63) is 0 Å². The predicted octanol–water partition coefficient (Wildman–Crippen LogP) is 8.17. The molecule has 8 unspecified atom stereocenters. The molecule has 0 aromatic heterocycles. The molecule has 0 aromatic carbocycles. The van der Waals surface area contributed by atoms with E-state index >= 15 is 19.2 Å². The van der Waals surface area contributed by atoms with Crippen LogP contribution in [0.4, 0.5) is 0 Å². The normalized spacial score (nSPS) is 36.5. The quantitative estimate of drug-likeness (QED) is 0.0803. The first-order valence-electron chi connectivity index (χ1n) is 23.9. The van der Waals surface area contributed by atoms with E-state index < -0.39 is 104 Å². The molecule has 4 fully saturated rings. The number of esters is 4. The SMILES string of the molecule is CC(C)C1(C)CC(OC(=O)C(C(=O)OC2CC(C)(C)NC(C)(C(C)C)C2)C(C(=O)OC2CC(C)(C)NC(C)(C(C)C)C2)C(=O)OC2CC(C)(C)NC(C)(C(C)C)C2)CC(C)(C)N1. The second kappa shape index (κ2) is 18.2. The fourth-order valence-corrected chi connectivity index (χ4v) is 11.5. The molecule has 0 spiro atoms. The van der Waals surface area contributed by atoms with Crippen LogP contribution in [0.25, 0.3) is 0 Å². The topological polar surface area (TPSA) is 153 Å². The van der Waals surface area contributed by atoms with Crippen molar-refractivity contribution in [3.8, 4) is 0 Å². The molecular weight excluding hydrogens is 785 g/mol. The molecular formula is C50H90N4O8. The Hall–Kier alpha value is -2.28. The summed E-state index contributed by atoms with van der Waals surface area (Å²) in [5.74, 6) is -7.05. The van der Waals surface area contributed by atoms with Crippen molar-refractivity contribution in [1.82, 2.24) is 21.3 Å². The first-order chi connectivity index (χ1) is 27.9. The molecule has 12 nitrogen and oxygen atoms in total. The number of hydrogen-bond donors (Lipinski definition) is 4. The number of carbonyl (C=O) groups excluding carboxylic acids is 4. The first-order valence-corrected chi connectivity index (χ1v) is 23.9. The predicted molar refractivity (Wildman–Crippen MR) is 245 cm³/mol. The molecule has 12 heteroatoms. The highest BCUT2D eigenvalue weighted by molar-refractivity contribution is 6.07. The summed E-state index contributed by atoms with van der Waals surface area (Å²) in [5.41, 5.74) is -3.20. The number of nitrogens with one attached hydrogen (secondary N) is 4. The van der Waals surface area contributed by atoms with E-state index in [1.807, 2.05) is 0 Å². The van der Waals surface area contributed by atoms with Crippen molar-refractivity contribution in [2.24, 2.45) is 35.5 Å². The lowest BCUT2D eigenvalue weighted by Crippen LogP contribution is -2.64. The zero-order valence-electron chi connectivity index (χ0n) is 42.7. The summed E-state index contributed by atoms with van der Waals surface area (Å²) in [7, 11) is 0. The van der Waals surface area contributed by atoms with Crippen LogP contribution in [0.15, 0.2) is 0 Å². The Morgan fingerprint density at radius 3 is 0.645 bits per heavy atom. The summed E-state index contributed by atoms with van der Waals surface area (Å²) < 4.78 is 25.6. The van der Waals surface area contributed by atoms with Gasteiger partial charge in [-0.2, -0.15) is 0 Å². The minimum Gasteiger partial charge on any atom is -0.462 e. The van der Waals surface area contributed by atoms with Gasteiger partial charge in [0, 0.05) is 95.7 Å². The Labute approximate surface area is 376 Å². The van der Waals surface area contributed by atoms with E-state index in [-0.39, 0.29) is 23.7 Å². The van der Waals surface area contributed by atoms with Gasteiger partial charge in [0.25, 0.3) is 0 Å². The smallest absolute Gasteiger partial charge is 0.322 e. The lowest BCUT2D eigenvalue weighted by atomic mass is 9.74. The molecule has 4 rings (SSSR count). The Bertz CT molecular complexity index is 1410. The first kappa shape index (κ1) is 52.3. The third-order valence-electron chi connectivity index (χ3n) is 15.6. The second-order valence-corrected chi connectivity index (χ2v) is 25.1. The maximum Gasteiger partial charge on any atom is 0.322 e. The summed E-state index contributed by atoms with van der Waals surface area (Å²) in [4.78, 5) is 60.3. The van der Waals surface area contributed by atoms with E-state index in [0.29, 0.717) is 51.4 Å². The van der Waals surface area contributed by atoms with Gasteiger partial charge in [-0.05, 0) is 107 Å². The van der Waals surface area contributed by atoms with Crippen LogP contribution < -0.4 is 21.3 Å². The lowest BCUT2D eigenvalue weighted by molar-refractivity contribution is -0.191. The van der Waals surface area contributed by atoms with Crippen molar-refractivity contribution in [1.29, 1.82) is 0 Å². The fourth-order valence-electron chi connectivity index (χ4n) is 11.5. The van der Waals surface area contributed by atoms with Crippen LogP contribution in [0.3, 0.4) is 0 Å². The van der Waals surface area contributed by atoms with Gasteiger partial charge >= 0.3 is 23.9 Å². The average molecular weight is 875 g/mol. The Kier molecular flexibility index (Phi) is 15.4. The van der Waals surface area contributed by atoms with E-state index in [2.05, 4.69) is 160 Å². The van der Waals surface area contributed by atoms with E-state index in [4.69, 9.17) is 18.9 Å². The highest BCUT2D eigenvalue weighted by atomic mass is 16.6. The molecule has 62 heavy (non-hydrogen) atoms. The number of carbonyl (C=O) groups is 4. The van der Waals surface area contributed by atoms with Crippen LogP contribution in [-0.2, 0) is 38.1 Å². The van der Waals surface area contributed by atoms with Gasteiger partial charge < -0.3 is 40.2 Å². The Morgan fingerprint density at radius 2 is 0.500 bits per heavy atom. The van der Waals surface area contributed by atoms with Crippen molar-refractivity contribution in [3.63, 3.8) is 0 Å². The second-order valence-electron chi connectivity index (χ2n) is 25.1. The van der Waals surface area contributed by atoms with Gasteiger partial charge in [0.05, 0.1) is 0 Å². The third-order valence-corrected chi connectivity index (χ3v) is 15.6. The molecule has 0 radical (unpaired) electrons. The molecule has 4 aliphatic rings. The highest BCUT2D eigenvalue weighted by Crippen LogP contribution is 2.41. The third kappa shape index (κ3) is 12.5. The number of ether oxygens (including phenoxy) is 4. The Balaban J connectivity index is 1.83. The van der Waals surface area contributed by atoms with Crippen LogP contribution in [-0.4, -0.2) is 92.6 Å². The summed E-state index contributed by atoms with van der Waals surface area (Å²) in [6.45, 7) is 42.0. The van der Waals surface area contributed by atoms with Crippen LogP contribution in [0, 0.1) is 35.5 Å². The number of hydrogen-bond acceptors (Lipinski definition) is 12. The van der Waals surface area contributed by atoms with Gasteiger partial charge in [-0.15, -0.1) is 0 Å². The summed E-state index contributed by atoms with van der Waals surface area (Å²) >= 11 is 0. The summed E-state index contributed by atoms with van der Waals surface area (Å²) in [5, 5.41) is 15.0. The largest absolute Gasteiger partial charge is 0.462 e. The highest BCUT2D eigenvalue weighted by Gasteiger charge is 2.55. The summed E-state index contributed by atoms with van der Waals surface area (Å²) in [6.07, 6.45) is 1.35. The minimum atomic E-state index is -1.96. The van der Waals surface area contributed by atoms with Crippen molar-refractivity contribution < 1.29 is 38.1 Å². The monoisotopic (exact) mass is 875 g/mol. The average Bonchev–Trinajstić information content (AvgIpc) is 3.02. The maximum atomic E-state index is 15.1. The number of rotatable bonds is 13. The maximum absolute atomic E-state index is 15.1. The molecule has 0 saturated carbocycles. The van der Waals surface area contributed by atoms with Crippen LogP contribution >= 0.6 is 0 Å². The molecule has 4 N–H and O–H groups in total.